The van der Waals surface area contributed by atoms with Gasteiger partial charge < -0.3 is 14.8 Å². The zero-order valence-corrected chi connectivity index (χ0v) is 12.4. The van der Waals surface area contributed by atoms with Crippen LogP contribution in [0.4, 0.5) is 13.2 Å². The van der Waals surface area contributed by atoms with Crippen LogP contribution in [-0.2, 0) is 25.2 Å². The Morgan fingerprint density at radius 3 is 2.70 bits per heavy atom. The van der Waals surface area contributed by atoms with Gasteiger partial charge in [0.05, 0.1) is 18.2 Å². The van der Waals surface area contributed by atoms with Crippen LogP contribution in [0.25, 0.3) is 5.57 Å². The summed E-state index contributed by atoms with van der Waals surface area (Å²) in [5, 5.41) is 2.58. The molecule has 0 bridgehead atoms. The van der Waals surface area contributed by atoms with Gasteiger partial charge in [-0.3, -0.25) is 9.59 Å². The molecule has 1 atom stereocenters. The minimum Gasteiger partial charge on any atom is -0.468 e. The van der Waals surface area contributed by atoms with Crippen LogP contribution in [0, 0.1) is 0 Å². The van der Waals surface area contributed by atoms with Crippen molar-refractivity contribution in [2.45, 2.75) is 19.2 Å². The van der Waals surface area contributed by atoms with Gasteiger partial charge in [0.25, 0.3) is 0 Å². The number of Topliss-reactive ketones (excluding diaryl/α,β-unsaturated/α-hetero) is 1. The second kappa shape index (κ2) is 6.31. The van der Waals surface area contributed by atoms with Gasteiger partial charge in [-0.2, -0.15) is 13.2 Å². The van der Waals surface area contributed by atoms with E-state index in [2.05, 4.69) is 10.1 Å². The molecular weight excluding hydrogens is 315 g/mol. The molecule has 1 aromatic carbocycles. The number of hydrogen-bond donors (Lipinski definition) is 1. The minimum atomic E-state index is -4.52. The lowest BCUT2D eigenvalue weighted by molar-refractivity contribution is -0.139. The molecule has 1 N–H and O–H groups in total. The Morgan fingerprint density at radius 2 is 2.09 bits per heavy atom. The highest BCUT2D eigenvalue weighted by atomic mass is 19.4. The number of esters is 1. The Bertz CT molecular complexity index is 667. The third kappa shape index (κ3) is 3.64. The van der Waals surface area contributed by atoms with E-state index in [-0.39, 0.29) is 23.6 Å². The number of carbonyl (C=O) groups is 2. The second-order valence-electron chi connectivity index (χ2n) is 4.84. The van der Waals surface area contributed by atoms with Crippen LogP contribution in [0.2, 0.25) is 0 Å². The molecule has 124 valence electrons. The summed E-state index contributed by atoms with van der Waals surface area (Å²) in [4.78, 5) is 23.3. The van der Waals surface area contributed by atoms with E-state index in [0.29, 0.717) is 0 Å². The van der Waals surface area contributed by atoms with E-state index >= 15 is 0 Å². The molecule has 1 aromatic rings. The molecule has 0 radical (unpaired) electrons. The average Bonchev–Trinajstić information content (AvgIpc) is 2.79. The van der Waals surface area contributed by atoms with Crippen LogP contribution in [0.3, 0.4) is 0 Å². The second-order valence-corrected chi connectivity index (χ2v) is 4.84. The average molecular weight is 329 g/mol. The third-order valence-electron chi connectivity index (χ3n) is 3.24. The Morgan fingerprint density at radius 1 is 1.39 bits per heavy atom. The molecule has 8 heteroatoms. The minimum absolute atomic E-state index is 0.0208. The largest absolute Gasteiger partial charge is 0.468 e. The molecule has 23 heavy (non-hydrogen) atoms. The maximum absolute atomic E-state index is 12.8. The van der Waals surface area contributed by atoms with Gasteiger partial charge in [0.15, 0.2) is 12.0 Å². The van der Waals surface area contributed by atoms with E-state index in [1.54, 1.807) is 0 Å². The number of halogens is 3. The first-order chi connectivity index (χ1) is 10.7. The fraction of sp³-hybridized carbons (Fsp3) is 0.333. The molecule has 1 aliphatic heterocycles. The van der Waals surface area contributed by atoms with Crippen molar-refractivity contribution < 1.29 is 32.2 Å². The predicted molar refractivity (Wildman–Crippen MR) is 73.9 cm³/mol. The Kier molecular flexibility index (Phi) is 4.63. The smallest absolute Gasteiger partial charge is 0.416 e. The van der Waals surface area contributed by atoms with Crippen molar-refractivity contribution in [1.29, 1.82) is 0 Å². The summed E-state index contributed by atoms with van der Waals surface area (Å²) >= 11 is 0. The number of methoxy groups -OCH3 is 1. The SMILES string of the molecule is COC(=O)CNC1=C(c2cccc(C(F)(F)F)c2)C(=O)C(C)O1. The van der Waals surface area contributed by atoms with Crippen LogP contribution < -0.4 is 5.32 Å². The molecule has 1 aliphatic rings. The van der Waals surface area contributed by atoms with E-state index in [0.717, 1.165) is 12.1 Å². The number of alkyl halides is 3. The lowest BCUT2D eigenvalue weighted by Crippen LogP contribution is -2.24. The van der Waals surface area contributed by atoms with Gasteiger partial charge in [-0.25, -0.2) is 0 Å². The summed E-state index contributed by atoms with van der Waals surface area (Å²) < 4.78 is 48.2. The third-order valence-corrected chi connectivity index (χ3v) is 3.24. The summed E-state index contributed by atoms with van der Waals surface area (Å²) in [5.41, 5.74) is -0.823. The zero-order chi connectivity index (χ0) is 17.2. The first kappa shape index (κ1) is 16.9. The molecule has 0 amide bonds. The summed E-state index contributed by atoms with van der Waals surface area (Å²) in [6.45, 7) is 1.21. The van der Waals surface area contributed by atoms with E-state index in [9.17, 15) is 22.8 Å². The van der Waals surface area contributed by atoms with Crippen molar-refractivity contribution in [1.82, 2.24) is 5.32 Å². The number of carbonyl (C=O) groups excluding carboxylic acids is 2. The van der Waals surface area contributed by atoms with Crippen LogP contribution in [-0.4, -0.2) is 31.5 Å². The van der Waals surface area contributed by atoms with Gasteiger partial charge in [0.1, 0.15) is 6.54 Å². The first-order valence-electron chi connectivity index (χ1n) is 6.67. The van der Waals surface area contributed by atoms with Crippen molar-refractivity contribution in [2.75, 3.05) is 13.7 Å². The molecule has 0 fully saturated rings. The summed E-state index contributed by atoms with van der Waals surface area (Å²) in [7, 11) is 1.19. The fourth-order valence-corrected chi connectivity index (χ4v) is 2.08. The van der Waals surface area contributed by atoms with Gasteiger partial charge in [0, 0.05) is 0 Å². The van der Waals surface area contributed by atoms with Crippen LogP contribution in [0.15, 0.2) is 30.1 Å². The number of ketones is 1. The maximum Gasteiger partial charge on any atom is 0.416 e. The molecule has 1 unspecified atom stereocenters. The molecule has 2 rings (SSSR count). The standard InChI is InChI=1S/C15H14F3NO4/c1-8-13(21)12(14(23-8)19-7-11(20)22-2)9-4-3-5-10(6-9)15(16,17)18/h3-6,8,19H,7H2,1-2H3. The van der Waals surface area contributed by atoms with Crippen molar-refractivity contribution in [3.05, 3.63) is 41.3 Å². The summed E-state index contributed by atoms with van der Waals surface area (Å²) in [5.74, 6) is -1.10. The number of nitrogens with one attached hydrogen (secondary N) is 1. The monoisotopic (exact) mass is 329 g/mol. The molecule has 0 aromatic heterocycles. The number of hydrogen-bond acceptors (Lipinski definition) is 5. The highest BCUT2D eigenvalue weighted by Crippen LogP contribution is 2.34. The first-order valence-corrected chi connectivity index (χ1v) is 6.67. The highest BCUT2D eigenvalue weighted by Gasteiger charge is 2.35. The fourth-order valence-electron chi connectivity index (χ4n) is 2.08. The normalized spacial score (nSPS) is 18.0. The number of ether oxygens (including phenoxy) is 2. The van der Waals surface area contributed by atoms with Gasteiger partial charge in [-0.1, -0.05) is 12.1 Å². The molecule has 0 saturated heterocycles. The molecule has 5 nitrogen and oxygen atoms in total. The van der Waals surface area contributed by atoms with Crippen molar-refractivity contribution in [3.8, 4) is 0 Å². The van der Waals surface area contributed by atoms with Gasteiger partial charge in [-0.15, -0.1) is 0 Å². The maximum atomic E-state index is 12.8. The Hall–Kier alpha value is -2.51. The molecule has 0 spiro atoms. The van der Waals surface area contributed by atoms with Gasteiger partial charge in [0.2, 0.25) is 5.78 Å². The van der Waals surface area contributed by atoms with Crippen LogP contribution >= 0.6 is 0 Å². The predicted octanol–water partition coefficient (Wildman–Crippen LogP) is 2.12. The molecule has 0 aliphatic carbocycles. The molecular formula is C15H14F3NO4. The van der Waals surface area contributed by atoms with E-state index in [1.165, 1.54) is 26.2 Å². The lowest BCUT2D eigenvalue weighted by Gasteiger charge is -2.10. The van der Waals surface area contributed by atoms with Crippen molar-refractivity contribution in [3.63, 3.8) is 0 Å². The van der Waals surface area contributed by atoms with E-state index < -0.39 is 29.6 Å². The van der Waals surface area contributed by atoms with Gasteiger partial charge in [-0.05, 0) is 24.6 Å². The zero-order valence-electron chi connectivity index (χ0n) is 12.4. The summed E-state index contributed by atoms with van der Waals surface area (Å²) in [6.07, 6.45) is -5.37. The Labute approximate surface area is 130 Å². The molecule has 0 saturated carbocycles. The van der Waals surface area contributed by atoms with Crippen LogP contribution in [0.1, 0.15) is 18.1 Å². The Balaban J connectivity index is 2.39. The number of benzene rings is 1. The van der Waals surface area contributed by atoms with Crippen molar-refractivity contribution in [2.24, 2.45) is 0 Å². The van der Waals surface area contributed by atoms with E-state index in [1.807, 2.05) is 0 Å². The summed E-state index contributed by atoms with van der Waals surface area (Å²) in [6, 6.07) is 4.37. The van der Waals surface area contributed by atoms with E-state index in [4.69, 9.17) is 4.74 Å². The van der Waals surface area contributed by atoms with Crippen molar-refractivity contribution >= 4 is 17.3 Å². The quantitative estimate of drug-likeness (QED) is 0.857. The topological polar surface area (TPSA) is 64.6 Å². The lowest BCUT2D eigenvalue weighted by atomic mass is 9.99. The number of rotatable bonds is 4. The van der Waals surface area contributed by atoms with Crippen LogP contribution in [0.5, 0.6) is 0 Å². The van der Waals surface area contributed by atoms with Gasteiger partial charge >= 0.3 is 12.1 Å². The highest BCUT2D eigenvalue weighted by molar-refractivity contribution is 6.24. The molecule has 1 heterocycles.